The van der Waals surface area contributed by atoms with Crippen molar-refractivity contribution >= 4 is 17.5 Å². The number of aromatic nitrogens is 1. The Bertz CT molecular complexity index is 684. The highest BCUT2D eigenvalue weighted by molar-refractivity contribution is 6.25. The van der Waals surface area contributed by atoms with Gasteiger partial charge in [-0.3, -0.25) is 19.3 Å². The fourth-order valence-electron chi connectivity index (χ4n) is 2.91. The van der Waals surface area contributed by atoms with Gasteiger partial charge in [0, 0.05) is 39.4 Å². The van der Waals surface area contributed by atoms with Crippen molar-refractivity contribution in [2.24, 2.45) is 7.05 Å². The Balaban J connectivity index is 1.67. The third-order valence-corrected chi connectivity index (χ3v) is 4.11. The summed E-state index contributed by atoms with van der Waals surface area (Å²) in [7, 11) is 1.66. The molecular formula is C16H19N3O4. The molecule has 1 aliphatic carbocycles. The van der Waals surface area contributed by atoms with E-state index < -0.39 is 0 Å². The van der Waals surface area contributed by atoms with Gasteiger partial charge in [0.15, 0.2) is 5.78 Å². The van der Waals surface area contributed by atoms with Crippen molar-refractivity contribution < 1.29 is 19.1 Å². The van der Waals surface area contributed by atoms with Crippen molar-refractivity contribution in [3.8, 4) is 0 Å². The van der Waals surface area contributed by atoms with Crippen LogP contribution < -0.4 is 5.32 Å². The number of nitrogens with zero attached hydrogens (tertiary/aromatic N) is 2. The number of fused-ring (bicyclic) bond motifs is 1. The monoisotopic (exact) mass is 317 g/mol. The van der Waals surface area contributed by atoms with Crippen molar-refractivity contribution in [2.75, 3.05) is 39.4 Å². The molecule has 2 heterocycles. The standard InChI is InChI=1S/C16H19N3O4/c1-18-10-11(14-12(20)2-3-13(21)15(14)18)16(22)17-4-5-19-6-8-23-9-7-19/h2-3,10H,4-9H2,1H3,(H,17,22). The topological polar surface area (TPSA) is 80.6 Å². The van der Waals surface area contributed by atoms with Crippen LogP contribution >= 0.6 is 0 Å². The molecule has 1 aromatic rings. The van der Waals surface area contributed by atoms with Crippen LogP contribution in [0, 0.1) is 0 Å². The van der Waals surface area contributed by atoms with Gasteiger partial charge in [0.2, 0.25) is 5.78 Å². The number of ketones is 2. The molecule has 0 bridgehead atoms. The van der Waals surface area contributed by atoms with E-state index in [9.17, 15) is 14.4 Å². The smallest absolute Gasteiger partial charge is 0.253 e. The van der Waals surface area contributed by atoms with Crippen LogP contribution in [-0.2, 0) is 11.8 Å². The van der Waals surface area contributed by atoms with E-state index in [-0.39, 0.29) is 34.3 Å². The zero-order valence-electron chi connectivity index (χ0n) is 13.0. The van der Waals surface area contributed by atoms with Crippen LogP contribution in [0.2, 0.25) is 0 Å². The number of hydrogen-bond acceptors (Lipinski definition) is 5. The lowest BCUT2D eigenvalue weighted by Gasteiger charge is -2.26. The van der Waals surface area contributed by atoms with Crippen molar-refractivity contribution in [1.29, 1.82) is 0 Å². The first-order valence-electron chi connectivity index (χ1n) is 7.62. The number of ether oxygens (including phenoxy) is 1. The first kappa shape index (κ1) is 15.6. The summed E-state index contributed by atoms with van der Waals surface area (Å²) in [5.74, 6) is -0.889. The second-order valence-electron chi connectivity index (χ2n) is 5.65. The van der Waals surface area contributed by atoms with E-state index in [0.717, 1.165) is 19.6 Å². The van der Waals surface area contributed by atoms with E-state index in [1.54, 1.807) is 7.05 Å². The molecule has 1 aromatic heterocycles. The van der Waals surface area contributed by atoms with Gasteiger partial charge < -0.3 is 14.6 Å². The highest BCUT2D eigenvalue weighted by Crippen LogP contribution is 2.22. The number of carbonyl (C=O) groups excluding carboxylic acids is 3. The average molecular weight is 317 g/mol. The molecule has 7 nitrogen and oxygen atoms in total. The molecule has 1 saturated heterocycles. The van der Waals surface area contributed by atoms with Crippen LogP contribution in [0.3, 0.4) is 0 Å². The Labute approximate surface area is 133 Å². The molecule has 0 saturated carbocycles. The number of carbonyl (C=O) groups is 3. The molecule has 23 heavy (non-hydrogen) atoms. The van der Waals surface area contributed by atoms with Crippen molar-refractivity contribution in [3.05, 3.63) is 35.2 Å². The summed E-state index contributed by atoms with van der Waals surface area (Å²) < 4.78 is 6.81. The van der Waals surface area contributed by atoms with Crippen LogP contribution in [0.25, 0.3) is 0 Å². The van der Waals surface area contributed by atoms with Crippen LogP contribution in [0.5, 0.6) is 0 Å². The third kappa shape index (κ3) is 3.11. The summed E-state index contributed by atoms with van der Waals surface area (Å²) in [6.45, 7) is 4.35. The normalized spacial score (nSPS) is 18.1. The molecule has 1 aliphatic heterocycles. The molecule has 122 valence electrons. The van der Waals surface area contributed by atoms with Crippen molar-refractivity contribution in [1.82, 2.24) is 14.8 Å². The Morgan fingerprint density at radius 3 is 2.65 bits per heavy atom. The minimum absolute atomic E-state index is 0.198. The van der Waals surface area contributed by atoms with E-state index >= 15 is 0 Å². The molecular weight excluding hydrogens is 298 g/mol. The molecule has 3 rings (SSSR count). The number of rotatable bonds is 4. The predicted molar refractivity (Wildman–Crippen MR) is 82.8 cm³/mol. The molecule has 1 amide bonds. The van der Waals surface area contributed by atoms with E-state index in [4.69, 9.17) is 4.74 Å². The van der Waals surface area contributed by atoms with Gasteiger partial charge in [-0.15, -0.1) is 0 Å². The number of morpholine rings is 1. The summed E-state index contributed by atoms with van der Waals surface area (Å²) in [6.07, 6.45) is 4.00. The summed E-state index contributed by atoms with van der Waals surface area (Å²) in [5.41, 5.74) is 0.729. The van der Waals surface area contributed by atoms with E-state index in [1.165, 1.54) is 22.9 Å². The van der Waals surface area contributed by atoms with Gasteiger partial charge in [0.1, 0.15) is 5.69 Å². The van der Waals surface area contributed by atoms with Crippen molar-refractivity contribution in [2.45, 2.75) is 0 Å². The van der Waals surface area contributed by atoms with Crippen LogP contribution in [-0.4, -0.2) is 66.3 Å². The van der Waals surface area contributed by atoms with E-state index in [0.29, 0.717) is 19.8 Å². The fourth-order valence-corrected chi connectivity index (χ4v) is 2.91. The molecule has 2 aliphatic rings. The first-order valence-corrected chi connectivity index (χ1v) is 7.62. The largest absolute Gasteiger partial charge is 0.379 e. The molecule has 0 unspecified atom stereocenters. The Kier molecular flexibility index (Phi) is 4.40. The minimum Gasteiger partial charge on any atom is -0.379 e. The van der Waals surface area contributed by atoms with Gasteiger partial charge in [0.25, 0.3) is 5.91 Å². The zero-order valence-corrected chi connectivity index (χ0v) is 13.0. The van der Waals surface area contributed by atoms with Gasteiger partial charge in [-0.25, -0.2) is 0 Å². The van der Waals surface area contributed by atoms with Gasteiger partial charge in [-0.2, -0.15) is 0 Å². The second-order valence-corrected chi connectivity index (χ2v) is 5.65. The number of hydrogen-bond donors (Lipinski definition) is 1. The maximum atomic E-state index is 12.4. The minimum atomic E-state index is -0.327. The van der Waals surface area contributed by atoms with Gasteiger partial charge >= 0.3 is 0 Å². The predicted octanol–water partition coefficient (Wildman–Crippen LogP) is 0.0223. The average Bonchev–Trinajstić information content (AvgIpc) is 2.91. The zero-order chi connectivity index (χ0) is 16.4. The highest BCUT2D eigenvalue weighted by Gasteiger charge is 2.29. The Morgan fingerprint density at radius 2 is 1.91 bits per heavy atom. The number of nitrogens with one attached hydrogen (secondary N) is 1. The molecule has 0 radical (unpaired) electrons. The lowest BCUT2D eigenvalue weighted by molar-refractivity contribution is 0.0383. The first-order chi connectivity index (χ1) is 11.1. The fraction of sp³-hybridized carbons (Fsp3) is 0.438. The van der Waals surface area contributed by atoms with Crippen molar-refractivity contribution in [3.63, 3.8) is 0 Å². The SMILES string of the molecule is Cn1cc(C(=O)NCCN2CCOCC2)c2c1C(=O)C=CC2=O. The number of aryl methyl sites for hydroxylation is 1. The maximum absolute atomic E-state index is 12.4. The lowest BCUT2D eigenvalue weighted by Crippen LogP contribution is -2.41. The molecule has 0 spiro atoms. The van der Waals surface area contributed by atoms with E-state index in [1.807, 2.05) is 0 Å². The van der Waals surface area contributed by atoms with Gasteiger partial charge in [-0.05, 0) is 12.2 Å². The molecule has 1 N–H and O–H groups in total. The van der Waals surface area contributed by atoms with Crippen LogP contribution in [0.1, 0.15) is 31.2 Å². The summed E-state index contributed by atoms with van der Waals surface area (Å²) >= 11 is 0. The van der Waals surface area contributed by atoms with Gasteiger partial charge in [-0.1, -0.05) is 0 Å². The third-order valence-electron chi connectivity index (χ3n) is 4.11. The second kappa shape index (κ2) is 6.47. The summed E-state index contributed by atoms with van der Waals surface area (Å²) in [4.78, 5) is 38.5. The van der Waals surface area contributed by atoms with Gasteiger partial charge in [0.05, 0.1) is 24.3 Å². The Morgan fingerprint density at radius 1 is 1.22 bits per heavy atom. The number of allylic oxidation sites excluding steroid dienone is 2. The van der Waals surface area contributed by atoms with Crippen LogP contribution in [0.4, 0.5) is 0 Å². The Hall–Kier alpha value is -2.25. The summed E-state index contributed by atoms with van der Waals surface area (Å²) in [5, 5.41) is 2.82. The molecule has 1 fully saturated rings. The highest BCUT2D eigenvalue weighted by atomic mass is 16.5. The molecule has 7 heteroatoms. The van der Waals surface area contributed by atoms with E-state index in [2.05, 4.69) is 10.2 Å². The summed E-state index contributed by atoms with van der Waals surface area (Å²) in [6, 6.07) is 0. The molecule has 0 aromatic carbocycles. The van der Waals surface area contributed by atoms with Crippen LogP contribution in [0.15, 0.2) is 18.3 Å². The number of amides is 1. The quantitative estimate of drug-likeness (QED) is 0.847. The molecule has 0 atom stereocenters. The maximum Gasteiger partial charge on any atom is 0.253 e. The lowest BCUT2D eigenvalue weighted by atomic mass is 9.98.